The number of rotatable bonds is 6. The molecule has 2 aromatic heterocycles. The topological polar surface area (TPSA) is 64.4 Å². The minimum atomic E-state index is -0.392. The number of ketones is 1. The highest BCUT2D eigenvalue weighted by Crippen LogP contribution is 2.34. The van der Waals surface area contributed by atoms with Crippen molar-refractivity contribution in [1.29, 1.82) is 0 Å². The summed E-state index contributed by atoms with van der Waals surface area (Å²) >= 11 is 2.76. The summed E-state index contributed by atoms with van der Waals surface area (Å²) in [6.45, 7) is 1.69. The molecule has 0 bridgehead atoms. The van der Waals surface area contributed by atoms with Gasteiger partial charge in [0.15, 0.2) is 10.9 Å². The first-order valence-corrected chi connectivity index (χ1v) is 12.6. The molecular weight excluding hydrogens is 473 g/mol. The first kappa shape index (κ1) is 22.8. The number of thiophene rings is 1. The summed E-state index contributed by atoms with van der Waals surface area (Å²) in [7, 11) is 3.66. The van der Waals surface area contributed by atoms with Crippen molar-refractivity contribution in [3.05, 3.63) is 80.7 Å². The first-order valence-electron chi connectivity index (χ1n) is 10.8. The molecule has 0 saturated carbocycles. The van der Waals surface area contributed by atoms with Crippen LogP contribution < -0.4 is 10.3 Å². The molecule has 0 amide bonds. The van der Waals surface area contributed by atoms with Gasteiger partial charge in [0, 0.05) is 23.5 Å². The summed E-state index contributed by atoms with van der Waals surface area (Å²) in [5.74, 6) is 0.209. The van der Waals surface area contributed by atoms with Gasteiger partial charge < -0.3 is 9.64 Å². The molecule has 4 aromatic rings. The third-order valence-corrected chi connectivity index (χ3v) is 7.91. The van der Waals surface area contributed by atoms with Gasteiger partial charge in [-0.3, -0.25) is 14.2 Å². The number of likely N-dealkylation sites (N-methyl/N-ethyl adjacent to an activating group) is 1. The third-order valence-electron chi connectivity index (χ3n) is 5.86. The Hall–Kier alpha value is -3.01. The zero-order chi connectivity index (χ0) is 23.8. The molecule has 174 valence electrons. The number of aromatic nitrogens is 2. The maximum absolute atomic E-state index is 13.8. The van der Waals surface area contributed by atoms with Crippen LogP contribution in [0.4, 0.5) is 4.39 Å². The number of halogens is 1. The summed E-state index contributed by atoms with van der Waals surface area (Å²) in [4.78, 5) is 35.5. The van der Waals surface area contributed by atoms with Gasteiger partial charge in [0.1, 0.15) is 16.4 Å². The van der Waals surface area contributed by atoms with Crippen molar-refractivity contribution in [3.8, 4) is 11.4 Å². The summed E-state index contributed by atoms with van der Waals surface area (Å²) in [5.41, 5.74) is 2.03. The molecule has 0 saturated heterocycles. The predicted octanol–water partition coefficient (Wildman–Crippen LogP) is 4.56. The Kier molecular flexibility index (Phi) is 6.24. The lowest BCUT2D eigenvalue weighted by Crippen LogP contribution is -2.27. The lowest BCUT2D eigenvalue weighted by atomic mass is 10.1. The van der Waals surface area contributed by atoms with E-state index in [2.05, 4.69) is 11.9 Å². The summed E-state index contributed by atoms with van der Waals surface area (Å²) in [6, 6.07) is 12.7. The second kappa shape index (κ2) is 9.32. The van der Waals surface area contributed by atoms with Gasteiger partial charge in [-0.2, -0.15) is 0 Å². The zero-order valence-electron chi connectivity index (χ0n) is 18.7. The molecule has 5 rings (SSSR count). The highest BCUT2D eigenvalue weighted by atomic mass is 32.2. The summed E-state index contributed by atoms with van der Waals surface area (Å²) in [6.07, 6.45) is 0.806. The van der Waals surface area contributed by atoms with Crippen LogP contribution in [0.5, 0.6) is 5.75 Å². The number of nitrogens with zero attached hydrogens (tertiary/aromatic N) is 3. The highest BCUT2D eigenvalue weighted by Gasteiger charge is 2.25. The van der Waals surface area contributed by atoms with E-state index in [1.165, 1.54) is 40.9 Å². The van der Waals surface area contributed by atoms with Gasteiger partial charge in [-0.05, 0) is 67.6 Å². The number of hydrogen-bond acceptors (Lipinski definition) is 7. The summed E-state index contributed by atoms with van der Waals surface area (Å²) < 4.78 is 20.1. The lowest BCUT2D eigenvalue weighted by Gasteiger charge is -2.21. The monoisotopic (exact) mass is 495 g/mol. The molecule has 0 N–H and O–H groups in total. The van der Waals surface area contributed by atoms with Gasteiger partial charge in [0.05, 0.1) is 23.9 Å². The van der Waals surface area contributed by atoms with Crippen LogP contribution in [0.25, 0.3) is 15.9 Å². The average Bonchev–Trinajstić information content (AvgIpc) is 3.20. The van der Waals surface area contributed by atoms with E-state index >= 15 is 0 Å². The first-order chi connectivity index (χ1) is 16.4. The number of carbonyl (C=O) groups excluding carboxylic acids is 1. The van der Waals surface area contributed by atoms with Crippen LogP contribution in [0.3, 0.4) is 0 Å². The van der Waals surface area contributed by atoms with E-state index in [1.54, 1.807) is 35.1 Å². The molecule has 1 aliphatic rings. The molecule has 34 heavy (non-hydrogen) atoms. The van der Waals surface area contributed by atoms with E-state index in [-0.39, 0.29) is 17.1 Å². The van der Waals surface area contributed by atoms with Crippen LogP contribution in [0.1, 0.15) is 20.8 Å². The molecule has 6 nitrogen and oxygen atoms in total. The smallest absolute Gasteiger partial charge is 0.267 e. The number of methoxy groups -OCH3 is 1. The van der Waals surface area contributed by atoms with Crippen LogP contribution >= 0.6 is 23.1 Å². The van der Waals surface area contributed by atoms with Gasteiger partial charge in [-0.1, -0.05) is 11.8 Å². The van der Waals surface area contributed by atoms with E-state index in [4.69, 9.17) is 9.72 Å². The number of ether oxygens (including phenoxy) is 1. The van der Waals surface area contributed by atoms with Gasteiger partial charge >= 0.3 is 0 Å². The van der Waals surface area contributed by atoms with Crippen molar-refractivity contribution < 1.29 is 13.9 Å². The SMILES string of the molecule is COc1ccc(-n2c(SCC(=O)c3ccc(F)cc3)nc3sc4c(c3c2=O)CCN(C)C4)cc1. The second-order valence-electron chi connectivity index (χ2n) is 8.12. The predicted molar refractivity (Wildman–Crippen MR) is 133 cm³/mol. The number of carbonyl (C=O) groups is 1. The number of hydrogen-bond donors (Lipinski definition) is 0. The molecule has 2 aromatic carbocycles. The molecule has 0 spiro atoms. The van der Waals surface area contributed by atoms with Crippen LogP contribution in [-0.4, -0.2) is 46.7 Å². The molecule has 0 unspecified atom stereocenters. The van der Waals surface area contributed by atoms with Gasteiger partial charge in [0.25, 0.3) is 5.56 Å². The van der Waals surface area contributed by atoms with Crippen molar-refractivity contribution in [3.63, 3.8) is 0 Å². The average molecular weight is 496 g/mol. The minimum absolute atomic E-state index is 0.0769. The normalized spacial score (nSPS) is 13.7. The second-order valence-corrected chi connectivity index (χ2v) is 10.1. The quantitative estimate of drug-likeness (QED) is 0.222. The fourth-order valence-corrected chi connectivity index (χ4v) is 6.30. The van der Waals surface area contributed by atoms with Crippen molar-refractivity contribution in [2.24, 2.45) is 0 Å². The van der Waals surface area contributed by atoms with Crippen molar-refractivity contribution in [2.45, 2.75) is 18.1 Å². The van der Waals surface area contributed by atoms with Crippen molar-refractivity contribution >= 4 is 39.1 Å². The van der Waals surface area contributed by atoms with Gasteiger partial charge in [-0.25, -0.2) is 9.37 Å². The summed E-state index contributed by atoms with van der Waals surface area (Å²) in [5, 5.41) is 1.11. The third kappa shape index (κ3) is 4.26. The molecule has 1 aliphatic heterocycles. The zero-order valence-corrected chi connectivity index (χ0v) is 20.3. The standard InChI is InChI=1S/C25H22FN3O3S2/c1-28-12-11-19-21(13-28)34-23-22(19)24(31)29(17-7-9-18(32-2)10-8-17)25(27-23)33-14-20(30)15-3-5-16(26)6-4-15/h3-10H,11-14H2,1-2H3. The van der Waals surface area contributed by atoms with Crippen molar-refractivity contribution in [1.82, 2.24) is 14.5 Å². The molecule has 0 aliphatic carbocycles. The number of benzene rings is 2. The van der Waals surface area contributed by atoms with Crippen LogP contribution in [-0.2, 0) is 13.0 Å². The number of Topliss-reactive ketones (excluding diaryl/α,β-unsaturated/α-hetero) is 1. The van der Waals surface area contributed by atoms with Crippen molar-refractivity contribution in [2.75, 3.05) is 26.5 Å². The Morgan fingerprint density at radius 1 is 1.18 bits per heavy atom. The number of fused-ring (bicyclic) bond motifs is 3. The molecule has 9 heteroatoms. The maximum atomic E-state index is 13.8. The van der Waals surface area contributed by atoms with E-state index in [9.17, 15) is 14.0 Å². The van der Waals surface area contributed by atoms with Crippen LogP contribution in [0.2, 0.25) is 0 Å². The Morgan fingerprint density at radius 3 is 2.62 bits per heavy atom. The molecule has 0 radical (unpaired) electrons. The van der Waals surface area contributed by atoms with Crippen LogP contribution in [0.15, 0.2) is 58.5 Å². The Labute approximate surface area is 204 Å². The van der Waals surface area contributed by atoms with E-state index in [1.807, 2.05) is 12.1 Å². The van der Waals surface area contributed by atoms with E-state index in [0.29, 0.717) is 32.4 Å². The van der Waals surface area contributed by atoms with Crippen LogP contribution in [0, 0.1) is 5.82 Å². The fourth-order valence-electron chi connectivity index (χ4n) is 4.06. The number of thioether (sulfide) groups is 1. The van der Waals surface area contributed by atoms with E-state index in [0.717, 1.165) is 25.1 Å². The molecule has 0 fully saturated rings. The highest BCUT2D eigenvalue weighted by molar-refractivity contribution is 7.99. The minimum Gasteiger partial charge on any atom is -0.497 e. The van der Waals surface area contributed by atoms with Gasteiger partial charge in [-0.15, -0.1) is 11.3 Å². The van der Waals surface area contributed by atoms with E-state index < -0.39 is 5.82 Å². The largest absolute Gasteiger partial charge is 0.497 e. The Morgan fingerprint density at radius 2 is 1.91 bits per heavy atom. The molecule has 0 atom stereocenters. The Bertz CT molecular complexity index is 1430. The lowest BCUT2D eigenvalue weighted by molar-refractivity contribution is 0.102. The maximum Gasteiger partial charge on any atom is 0.267 e. The van der Waals surface area contributed by atoms with Gasteiger partial charge in [0.2, 0.25) is 0 Å². The fraction of sp³-hybridized carbons (Fsp3) is 0.240. The Balaban J connectivity index is 1.59. The molecule has 3 heterocycles. The molecular formula is C25H22FN3O3S2.